The molecule has 0 N–H and O–H groups in total. The van der Waals surface area contributed by atoms with Crippen molar-refractivity contribution in [3.63, 3.8) is 0 Å². The molecule has 0 aliphatic carbocycles. The number of rotatable bonds is 5. The highest BCUT2D eigenvalue weighted by Crippen LogP contribution is 2.26. The minimum absolute atomic E-state index is 0.103. The normalized spacial score (nSPS) is 19.6. The number of nitrogens with zero attached hydrogens (tertiary/aromatic N) is 1. The first-order valence-electron chi connectivity index (χ1n) is 8.54. The van der Waals surface area contributed by atoms with Gasteiger partial charge in [-0.1, -0.05) is 48.5 Å². The number of thiophene rings is 1. The van der Waals surface area contributed by atoms with Crippen LogP contribution in [0.2, 0.25) is 0 Å². The minimum Gasteiger partial charge on any atom is -0.290 e. The molecule has 1 unspecified atom stereocenters. The summed E-state index contributed by atoms with van der Waals surface area (Å²) in [5.41, 5.74) is 1.26. The lowest BCUT2D eigenvalue weighted by Gasteiger charge is -2.28. The molecule has 1 saturated heterocycles. The van der Waals surface area contributed by atoms with Crippen molar-refractivity contribution in [1.82, 2.24) is 4.90 Å². The summed E-state index contributed by atoms with van der Waals surface area (Å²) in [5.74, 6) is 0.595. The number of fused-ring (bicyclic) bond motifs is 1. The smallest absolute Gasteiger partial charge is 0.151 e. The largest absolute Gasteiger partial charge is 0.290 e. The lowest BCUT2D eigenvalue weighted by molar-refractivity contribution is 0.197. The first kappa shape index (κ1) is 16.8. The molecule has 2 heterocycles. The van der Waals surface area contributed by atoms with Crippen LogP contribution in [-0.4, -0.2) is 30.9 Å². The van der Waals surface area contributed by atoms with Gasteiger partial charge in [-0.3, -0.25) is 4.90 Å². The van der Waals surface area contributed by atoms with Gasteiger partial charge in [0.05, 0.1) is 11.5 Å². The van der Waals surface area contributed by atoms with E-state index in [-0.39, 0.29) is 11.8 Å². The Morgan fingerprint density at radius 1 is 1.00 bits per heavy atom. The van der Waals surface area contributed by atoms with E-state index in [4.69, 9.17) is 0 Å². The maximum absolute atomic E-state index is 12.0. The van der Waals surface area contributed by atoms with E-state index in [2.05, 4.69) is 64.9 Å². The summed E-state index contributed by atoms with van der Waals surface area (Å²) in [6, 6.07) is 19.1. The molecule has 0 saturated carbocycles. The Kier molecular flexibility index (Phi) is 4.63. The van der Waals surface area contributed by atoms with Crippen LogP contribution in [0, 0.1) is 0 Å². The zero-order valence-electron chi connectivity index (χ0n) is 14.0. The van der Waals surface area contributed by atoms with Crippen LogP contribution >= 0.6 is 11.3 Å². The Morgan fingerprint density at radius 2 is 1.84 bits per heavy atom. The second-order valence-electron chi connectivity index (χ2n) is 6.68. The number of benzene rings is 2. The van der Waals surface area contributed by atoms with Crippen molar-refractivity contribution in [3.8, 4) is 0 Å². The topological polar surface area (TPSA) is 37.4 Å². The molecule has 130 valence electrons. The Balaban J connectivity index is 1.65. The fourth-order valence-corrected chi connectivity index (χ4v) is 6.12. The van der Waals surface area contributed by atoms with Crippen LogP contribution in [0.25, 0.3) is 10.8 Å². The first-order valence-corrected chi connectivity index (χ1v) is 11.2. The lowest BCUT2D eigenvalue weighted by Crippen LogP contribution is -2.35. The summed E-state index contributed by atoms with van der Waals surface area (Å²) in [4.78, 5) is 3.63. The summed E-state index contributed by atoms with van der Waals surface area (Å²) >= 11 is 1.73. The summed E-state index contributed by atoms with van der Waals surface area (Å²) in [6.45, 7) is 1.58. The number of sulfone groups is 1. The van der Waals surface area contributed by atoms with Crippen molar-refractivity contribution in [1.29, 1.82) is 0 Å². The van der Waals surface area contributed by atoms with Crippen molar-refractivity contribution < 1.29 is 8.42 Å². The molecule has 3 aromatic rings. The van der Waals surface area contributed by atoms with Crippen molar-refractivity contribution in [2.45, 2.75) is 25.6 Å². The third-order valence-corrected chi connectivity index (χ3v) is 7.53. The van der Waals surface area contributed by atoms with E-state index in [1.54, 1.807) is 11.3 Å². The lowest BCUT2D eigenvalue weighted by atomic mass is 10.0. The zero-order chi connectivity index (χ0) is 17.3. The quantitative estimate of drug-likeness (QED) is 0.678. The second kappa shape index (κ2) is 6.90. The molecular formula is C20H21NO2S2. The highest BCUT2D eigenvalue weighted by molar-refractivity contribution is 7.91. The van der Waals surface area contributed by atoms with Gasteiger partial charge in [0, 0.05) is 24.0 Å². The van der Waals surface area contributed by atoms with Crippen LogP contribution in [0.5, 0.6) is 0 Å². The van der Waals surface area contributed by atoms with Gasteiger partial charge >= 0.3 is 0 Å². The fraction of sp³-hybridized carbons (Fsp3) is 0.300. The SMILES string of the molecule is O=S1(=O)CCC(N(Cc2cccs2)Cc2cccc3ccccc23)C1. The van der Waals surface area contributed by atoms with E-state index in [0.29, 0.717) is 5.75 Å². The maximum atomic E-state index is 12.0. The van der Waals surface area contributed by atoms with E-state index < -0.39 is 9.84 Å². The summed E-state index contributed by atoms with van der Waals surface area (Å²) in [6.07, 6.45) is 0.735. The Labute approximate surface area is 152 Å². The first-order chi connectivity index (χ1) is 12.1. The number of hydrogen-bond acceptors (Lipinski definition) is 4. The molecular weight excluding hydrogens is 350 g/mol. The molecule has 1 atom stereocenters. The van der Waals surface area contributed by atoms with Crippen LogP contribution in [-0.2, 0) is 22.9 Å². The second-order valence-corrected chi connectivity index (χ2v) is 9.94. The Hall–Kier alpha value is -1.69. The molecule has 0 spiro atoms. The molecule has 1 fully saturated rings. The molecule has 0 bridgehead atoms. The van der Waals surface area contributed by atoms with Crippen molar-refractivity contribution >= 4 is 31.9 Å². The van der Waals surface area contributed by atoms with Crippen LogP contribution in [0.1, 0.15) is 16.9 Å². The van der Waals surface area contributed by atoms with E-state index in [0.717, 1.165) is 19.5 Å². The van der Waals surface area contributed by atoms with Gasteiger partial charge in [0.1, 0.15) is 0 Å². The molecule has 5 heteroatoms. The van der Waals surface area contributed by atoms with Crippen molar-refractivity contribution in [3.05, 3.63) is 70.4 Å². The average molecular weight is 372 g/mol. The Morgan fingerprint density at radius 3 is 2.60 bits per heavy atom. The fourth-order valence-electron chi connectivity index (χ4n) is 3.63. The predicted octanol–water partition coefficient (Wildman–Crippen LogP) is 4.09. The van der Waals surface area contributed by atoms with E-state index in [1.807, 2.05) is 0 Å². The highest BCUT2D eigenvalue weighted by atomic mass is 32.2. The van der Waals surface area contributed by atoms with Gasteiger partial charge in [0.25, 0.3) is 0 Å². The van der Waals surface area contributed by atoms with E-state index in [1.165, 1.54) is 21.2 Å². The third-order valence-electron chi connectivity index (χ3n) is 4.92. The average Bonchev–Trinajstić information content (AvgIpc) is 3.24. The van der Waals surface area contributed by atoms with Crippen molar-refractivity contribution in [2.75, 3.05) is 11.5 Å². The van der Waals surface area contributed by atoms with Gasteiger partial charge in [-0.05, 0) is 34.2 Å². The van der Waals surface area contributed by atoms with Gasteiger partial charge in [-0.2, -0.15) is 0 Å². The maximum Gasteiger partial charge on any atom is 0.151 e. The summed E-state index contributed by atoms with van der Waals surface area (Å²) in [5, 5.41) is 4.56. The van der Waals surface area contributed by atoms with Crippen LogP contribution in [0.4, 0.5) is 0 Å². The monoisotopic (exact) mass is 371 g/mol. The molecule has 25 heavy (non-hydrogen) atoms. The van der Waals surface area contributed by atoms with Gasteiger partial charge in [-0.15, -0.1) is 11.3 Å². The van der Waals surface area contributed by atoms with Crippen LogP contribution in [0.3, 0.4) is 0 Å². The predicted molar refractivity (Wildman–Crippen MR) is 105 cm³/mol. The van der Waals surface area contributed by atoms with Gasteiger partial charge in [-0.25, -0.2) is 8.42 Å². The summed E-state index contributed by atoms with van der Waals surface area (Å²) < 4.78 is 24.0. The molecule has 2 aromatic carbocycles. The van der Waals surface area contributed by atoms with Crippen LogP contribution < -0.4 is 0 Å². The molecule has 0 amide bonds. The summed E-state index contributed by atoms with van der Waals surface area (Å²) in [7, 11) is -2.89. The molecule has 4 rings (SSSR count). The van der Waals surface area contributed by atoms with Gasteiger partial charge in [0.2, 0.25) is 0 Å². The van der Waals surface area contributed by atoms with E-state index >= 15 is 0 Å². The third kappa shape index (κ3) is 3.78. The molecule has 0 radical (unpaired) electrons. The van der Waals surface area contributed by atoms with Gasteiger partial charge < -0.3 is 0 Å². The Bertz CT molecular complexity index is 959. The van der Waals surface area contributed by atoms with Crippen molar-refractivity contribution in [2.24, 2.45) is 0 Å². The minimum atomic E-state index is -2.89. The molecule has 3 nitrogen and oxygen atoms in total. The molecule has 1 aromatic heterocycles. The van der Waals surface area contributed by atoms with Crippen LogP contribution in [0.15, 0.2) is 60.0 Å². The zero-order valence-corrected chi connectivity index (χ0v) is 15.6. The molecule has 1 aliphatic rings. The standard InChI is InChI=1S/C20H21NO2S2/c22-25(23)12-10-18(15-25)21(14-19-8-4-11-24-19)13-17-7-3-6-16-5-1-2-9-20(16)17/h1-9,11,18H,10,12-15H2. The highest BCUT2D eigenvalue weighted by Gasteiger charge is 2.32. The molecule has 1 aliphatic heterocycles. The number of hydrogen-bond donors (Lipinski definition) is 0. The van der Waals surface area contributed by atoms with Gasteiger partial charge in [0.15, 0.2) is 9.84 Å². The van der Waals surface area contributed by atoms with E-state index in [9.17, 15) is 8.42 Å².